The number of aryl methyl sites for hydroxylation is 1. The lowest BCUT2D eigenvalue weighted by atomic mass is 10.1. The van der Waals surface area contributed by atoms with Gasteiger partial charge in [-0.2, -0.15) is 0 Å². The van der Waals surface area contributed by atoms with Gasteiger partial charge in [0.15, 0.2) is 9.84 Å². The summed E-state index contributed by atoms with van der Waals surface area (Å²) in [6.07, 6.45) is 2.65. The van der Waals surface area contributed by atoms with Crippen molar-refractivity contribution in [3.8, 4) is 17.0 Å². The van der Waals surface area contributed by atoms with E-state index in [-0.39, 0.29) is 23.7 Å². The van der Waals surface area contributed by atoms with E-state index in [1.165, 1.54) is 0 Å². The second-order valence-corrected chi connectivity index (χ2v) is 12.1. The molecule has 1 amide bonds. The first kappa shape index (κ1) is 24.5. The van der Waals surface area contributed by atoms with Crippen LogP contribution in [0.3, 0.4) is 0 Å². The average molecular weight is 512 g/mol. The Balaban J connectivity index is 1.35. The van der Waals surface area contributed by atoms with Crippen LogP contribution in [0, 0.1) is 5.92 Å². The molecular weight excluding hydrogens is 478 g/mol. The van der Waals surface area contributed by atoms with E-state index in [0.717, 1.165) is 35.0 Å². The van der Waals surface area contributed by atoms with Gasteiger partial charge in [-0.3, -0.25) is 5.32 Å². The number of nitrogens with zero attached hydrogens (tertiary/aromatic N) is 1. The Labute approximate surface area is 211 Å². The van der Waals surface area contributed by atoms with Crippen LogP contribution in [0.15, 0.2) is 42.5 Å². The van der Waals surface area contributed by atoms with Gasteiger partial charge in [0.25, 0.3) is 0 Å². The number of nitrogen functional groups attached to an aromatic ring is 1. The van der Waals surface area contributed by atoms with Gasteiger partial charge in [0.05, 0.1) is 28.4 Å². The van der Waals surface area contributed by atoms with Gasteiger partial charge in [-0.1, -0.05) is 12.1 Å². The van der Waals surface area contributed by atoms with E-state index in [4.69, 9.17) is 15.2 Å². The van der Waals surface area contributed by atoms with Gasteiger partial charge in [-0.05, 0) is 69.7 Å². The molecule has 1 aliphatic carbocycles. The van der Waals surface area contributed by atoms with Crippen LogP contribution >= 0.6 is 0 Å². The normalized spacial score (nSPS) is 18.6. The molecule has 2 aliphatic rings. The molecule has 192 valence electrons. The summed E-state index contributed by atoms with van der Waals surface area (Å²) in [6.45, 7) is 4.71. The number of aromatic nitrogens is 1. The fraction of sp³-hybridized carbons (Fsp3) is 0.444. The number of nitrogens with one attached hydrogen (secondary N) is 1. The monoisotopic (exact) mass is 511 g/mol. The van der Waals surface area contributed by atoms with Crippen molar-refractivity contribution in [3.63, 3.8) is 0 Å². The number of sulfone groups is 1. The van der Waals surface area contributed by atoms with Crippen LogP contribution < -0.4 is 15.8 Å². The third-order valence-electron chi connectivity index (χ3n) is 7.18. The summed E-state index contributed by atoms with van der Waals surface area (Å²) in [5, 5.41) is 3.74. The van der Waals surface area contributed by atoms with Crippen LogP contribution in [0.25, 0.3) is 22.2 Å². The number of anilines is 2. The summed E-state index contributed by atoms with van der Waals surface area (Å²) in [6, 6.07) is 13.4. The molecule has 1 aromatic heterocycles. The molecule has 3 aromatic rings. The Kier molecular flexibility index (Phi) is 6.59. The fourth-order valence-electron chi connectivity index (χ4n) is 4.94. The first-order valence-corrected chi connectivity index (χ1v) is 14.4. The zero-order chi connectivity index (χ0) is 25.4. The predicted octanol–water partition coefficient (Wildman–Crippen LogP) is 5.21. The Morgan fingerprint density at radius 3 is 2.44 bits per heavy atom. The Bertz CT molecular complexity index is 1360. The summed E-state index contributed by atoms with van der Waals surface area (Å²) in [5.74, 6) is 1.54. The van der Waals surface area contributed by atoms with E-state index in [1.807, 2.05) is 49.4 Å². The molecule has 0 bridgehead atoms. The number of carbonyl (C=O) groups excluding carboxylic acids is 1. The van der Waals surface area contributed by atoms with Crippen LogP contribution in [-0.2, 0) is 21.1 Å². The second kappa shape index (κ2) is 9.69. The molecule has 1 aliphatic heterocycles. The van der Waals surface area contributed by atoms with Crippen LogP contribution in [-0.4, -0.2) is 42.8 Å². The molecule has 2 aromatic carbocycles. The molecule has 1 saturated carbocycles. The van der Waals surface area contributed by atoms with Crippen molar-refractivity contribution in [1.29, 1.82) is 0 Å². The molecule has 9 heteroatoms. The van der Waals surface area contributed by atoms with Crippen molar-refractivity contribution >= 4 is 38.2 Å². The van der Waals surface area contributed by atoms with E-state index in [9.17, 15) is 13.2 Å². The number of hydrogen-bond donors (Lipinski definition) is 2. The molecule has 8 nitrogen and oxygen atoms in total. The zero-order valence-electron chi connectivity index (χ0n) is 20.7. The molecular formula is C27H33N3O5S. The summed E-state index contributed by atoms with van der Waals surface area (Å²) in [4.78, 5) is 12.2. The smallest absolute Gasteiger partial charge is 0.411 e. The molecule has 0 unspecified atom stereocenters. The summed E-state index contributed by atoms with van der Waals surface area (Å²) in [5.41, 5.74) is 10.8. The molecule has 36 heavy (non-hydrogen) atoms. The molecule has 2 fully saturated rings. The van der Waals surface area contributed by atoms with Crippen LogP contribution in [0.4, 0.5) is 16.2 Å². The van der Waals surface area contributed by atoms with Crippen molar-refractivity contribution in [2.75, 3.05) is 22.6 Å². The highest BCUT2D eigenvalue weighted by molar-refractivity contribution is 7.91. The number of nitrogens with two attached hydrogens (primary N) is 1. The number of amides is 1. The SMILES string of the molecule is CCn1c(-c2ccc(NC(=O)O[C@H](C)C3CC3)cc2)c(N)c2ccc(OC3CCS(=O)(=O)CC3)cc21. The molecule has 0 spiro atoms. The maximum Gasteiger partial charge on any atom is 0.411 e. The van der Waals surface area contributed by atoms with E-state index in [0.29, 0.717) is 42.4 Å². The minimum atomic E-state index is -2.93. The maximum absolute atomic E-state index is 12.2. The highest BCUT2D eigenvalue weighted by Gasteiger charge is 2.30. The van der Waals surface area contributed by atoms with Crippen molar-refractivity contribution in [2.24, 2.45) is 5.92 Å². The summed E-state index contributed by atoms with van der Waals surface area (Å²) < 4.78 is 37.2. The van der Waals surface area contributed by atoms with Crippen molar-refractivity contribution in [3.05, 3.63) is 42.5 Å². The lowest BCUT2D eigenvalue weighted by Gasteiger charge is -2.23. The first-order valence-electron chi connectivity index (χ1n) is 12.6. The summed E-state index contributed by atoms with van der Waals surface area (Å²) in [7, 11) is -2.93. The molecule has 2 heterocycles. The van der Waals surface area contributed by atoms with Crippen molar-refractivity contribution < 1.29 is 22.7 Å². The van der Waals surface area contributed by atoms with Crippen LogP contribution in [0.5, 0.6) is 5.75 Å². The molecule has 1 atom stereocenters. The number of rotatable bonds is 7. The number of hydrogen-bond acceptors (Lipinski definition) is 6. The minimum Gasteiger partial charge on any atom is -0.490 e. The molecule has 0 radical (unpaired) electrons. The largest absolute Gasteiger partial charge is 0.490 e. The molecule has 5 rings (SSSR count). The van der Waals surface area contributed by atoms with Gasteiger partial charge in [-0.15, -0.1) is 0 Å². The minimum absolute atomic E-state index is 0.0654. The first-order chi connectivity index (χ1) is 17.2. The average Bonchev–Trinajstić information content (AvgIpc) is 3.66. The van der Waals surface area contributed by atoms with Gasteiger partial charge < -0.3 is 19.8 Å². The zero-order valence-corrected chi connectivity index (χ0v) is 21.5. The van der Waals surface area contributed by atoms with E-state index < -0.39 is 15.9 Å². The third-order valence-corrected chi connectivity index (χ3v) is 8.89. The highest BCUT2D eigenvalue weighted by atomic mass is 32.2. The third kappa shape index (κ3) is 5.16. The second-order valence-electron chi connectivity index (χ2n) is 9.80. The maximum atomic E-state index is 12.2. The Morgan fingerprint density at radius 1 is 1.11 bits per heavy atom. The number of carbonyl (C=O) groups is 1. The lowest BCUT2D eigenvalue weighted by molar-refractivity contribution is 0.108. The number of benzene rings is 2. The fourth-order valence-corrected chi connectivity index (χ4v) is 6.39. The number of fused-ring (bicyclic) bond motifs is 1. The Morgan fingerprint density at radius 2 is 1.81 bits per heavy atom. The lowest BCUT2D eigenvalue weighted by Crippen LogP contribution is -2.30. The molecule has 3 N–H and O–H groups in total. The van der Waals surface area contributed by atoms with Crippen molar-refractivity contribution in [1.82, 2.24) is 4.57 Å². The van der Waals surface area contributed by atoms with Gasteiger partial charge in [0.2, 0.25) is 0 Å². The van der Waals surface area contributed by atoms with Gasteiger partial charge >= 0.3 is 6.09 Å². The topological polar surface area (TPSA) is 113 Å². The van der Waals surface area contributed by atoms with E-state index in [1.54, 1.807) is 0 Å². The highest BCUT2D eigenvalue weighted by Crippen LogP contribution is 2.38. The molecule has 1 saturated heterocycles. The van der Waals surface area contributed by atoms with Gasteiger partial charge in [-0.25, -0.2) is 13.2 Å². The van der Waals surface area contributed by atoms with E-state index >= 15 is 0 Å². The van der Waals surface area contributed by atoms with Gasteiger partial charge in [0, 0.05) is 29.2 Å². The Hall–Kier alpha value is -3.20. The summed E-state index contributed by atoms with van der Waals surface area (Å²) >= 11 is 0. The number of ether oxygens (including phenoxy) is 2. The van der Waals surface area contributed by atoms with Gasteiger partial charge in [0.1, 0.15) is 18.0 Å². The van der Waals surface area contributed by atoms with Crippen LogP contribution in [0.1, 0.15) is 39.5 Å². The standard InChI is InChI=1S/C27H33N3O5S/c1-3-30-24-16-22(35-21-12-14-36(32,33)15-13-21)10-11-23(24)25(28)26(30)19-6-8-20(9-7-19)29-27(31)34-17(2)18-4-5-18/h6-11,16-18,21H,3-5,12-15,28H2,1-2H3,(H,29,31)/t17-/m1/s1. The quantitative estimate of drug-likeness (QED) is 0.450. The van der Waals surface area contributed by atoms with Crippen molar-refractivity contribution in [2.45, 2.75) is 58.3 Å². The predicted molar refractivity (Wildman–Crippen MR) is 142 cm³/mol. The van der Waals surface area contributed by atoms with E-state index in [2.05, 4.69) is 16.8 Å². The van der Waals surface area contributed by atoms with Crippen LogP contribution in [0.2, 0.25) is 0 Å².